The summed E-state index contributed by atoms with van der Waals surface area (Å²) in [5, 5.41) is 11.4. The highest BCUT2D eigenvalue weighted by atomic mass is 19.4. The molecule has 1 saturated heterocycles. The van der Waals surface area contributed by atoms with Crippen LogP contribution >= 0.6 is 0 Å². The Labute approximate surface area is 248 Å². The van der Waals surface area contributed by atoms with E-state index in [1.54, 1.807) is 13.8 Å². The van der Waals surface area contributed by atoms with E-state index in [1.165, 1.54) is 13.2 Å². The average Bonchev–Trinajstić information content (AvgIpc) is 2.95. The second kappa shape index (κ2) is 13.7. The molecule has 1 aromatic heterocycles. The van der Waals surface area contributed by atoms with Gasteiger partial charge in [0.25, 0.3) is 5.91 Å². The number of aromatic nitrogens is 2. The second-order valence-corrected chi connectivity index (χ2v) is 11.5. The van der Waals surface area contributed by atoms with Crippen molar-refractivity contribution in [3.8, 4) is 5.75 Å². The summed E-state index contributed by atoms with van der Waals surface area (Å²) in [6.07, 6.45) is 0.142. The number of likely N-dealkylation sites (tertiary alicyclic amines) is 1. The summed E-state index contributed by atoms with van der Waals surface area (Å²) in [5.74, 6) is -2.51. The zero-order chi connectivity index (χ0) is 31.3. The maximum Gasteiger partial charge on any atom is 0.421 e. The van der Waals surface area contributed by atoms with Crippen LogP contribution in [-0.4, -0.2) is 72.1 Å². The van der Waals surface area contributed by atoms with E-state index in [9.17, 15) is 22.8 Å². The monoisotopic (exact) mass is 609 g/mol. The lowest BCUT2D eigenvalue weighted by atomic mass is 9.89. The molecule has 2 heterocycles. The van der Waals surface area contributed by atoms with Gasteiger partial charge in [0.15, 0.2) is 0 Å². The van der Waals surface area contributed by atoms with Crippen LogP contribution in [0.2, 0.25) is 0 Å². The summed E-state index contributed by atoms with van der Waals surface area (Å²) in [7, 11) is 3.32. The molecule has 2 amide bonds. The highest BCUT2D eigenvalue weighted by molar-refractivity contribution is 5.96. The van der Waals surface area contributed by atoms with Gasteiger partial charge in [-0.3, -0.25) is 9.59 Å². The van der Waals surface area contributed by atoms with Gasteiger partial charge < -0.3 is 30.9 Å². The second-order valence-electron chi connectivity index (χ2n) is 11.5. The first-order valence-electron chi connectivity index (χ1n) is 14.5. The largest absolute Gasteiger partial charge is 0.495 e. The van der Waals surface area contributed by atoms with E-state index in [0.717, 1.165) is 44.8 Å². The van der Waals surface area contributed by atoms with E-state index in [-0.39, 0.29) is 46.9 Å². The number of amides is 2. The number of alkyl halides is 3. The van der Waals surface area contributed by atoms with E-state index in [0.29, 0.717) is 19.0 Å². The molecule has 10 nitrogen and oxygen atoms in total. The fourth-order valence-corrected chi connectivity index (χ4v) is 5.29. The van der Waals surface area contributed by atoms with Crippen LogP contribution in [0.1, 0.15) is 68.3 Å². The van der Waals surface area contributed by atoms with Crippen LogP contribution in [0, 0.1) is 11.7 Å². The van der Waals surface area contributed by atoms with Crippen LogP contribution < -0.4 is 26.0 Å². The number of ether oxygens (including phenoxy) is 1. The standard InChI is InChI=1S/C29H39F4N7O3/c1-16(2)26(41)37-22-8-6-5-7-21(22)36-25-19(29(31,32)33)15-34-28(39-25)38-23-14-20(30)18(13-24(23)43-4)27(42)35-17-9-11-40(3)12-10-17/h13-17,21-22H,5-12H2,1-4H3,(H,35,42)(H,37,41)(H2,34,36,38,39)/t21-,22-/m1/s1. The van der Waals surface area contributed by atoms with Crippen molar-refractivity contribution in [3.05, 3.63) is 35.3 Å². The Morgan fingerprint density at radius 2 is 1.72 bits per heavy atom. The number of carbonyl (C=O) groups is 2. The topological polar surface area (TPSA) is 121 Å². The third-order valence-corrected chi connectivity index (χ3v) is 7.87. The first-order chi connectivity index (χ1) is 20.3. The molecule has 1 saturated carbocycles. The highest BCUT2D eigenvalue weighted by Gasteiger charge is 2.37. The number of hydrogen-bond acceptors (Lipinski definition) is 8. The Balaban J connectivity index is 1.56. The quantitative estimate of drug-likeness (QED) is 0.302. The molecule has 4 N–H and O–H groups in total. The highest BCUT2D eigenvalue weighted by Crippen LogP contribution is 2.36. The van der Waals surface area contributed by atoms with Crippen LogP contribution in [0.15, 0.2) is 18.3 Å². The number of halogens is 4. The van der Waals surface area contributed by atoms with Crippen molar-refractivity contribution in [3.63, 3.8) is 0 Å². The molecule has 2 atom stereocenters. The number of anilines is 3. The zero-order valence-electron chi connectivity index (χ0n) is 24.8. The van der Waals surface area contributed by atoms with Gasteiger partial charge in [0.1, 0.15) is 22.9 Å². The van der Waals surface area contributed by atoms with E-state index in [2.05, 4.69) is 36.1 Å². The van der Waals surface area contributed by atoms with Crippen molar-refractivity contribution in [1.82, 2.24) is 25.5 Å². The summed E-state index contributed by atoms with van der Waals surface area (Å²) >= 11 is 0. The molecular weight excluding hydrogens is 570 g/mol. The lowest BCUT2D eigenvalue weighted by molar-refractivity contribution is -0.137. The molecule has 14 heteroatoms. The number of carbonyl (C=O) groups excluding carboxylic acids is 2. The third kappa shape index (κ3) is 8.24. The molecule has 0 radical (unpaired) electrons. The fraction of sp³-hybridized carbons (Fsp3) is 0.586. The van der Waals surface area contributed by atoms with E-state index in [1.807, 2.05) is 7.05 Å². The van der Waals surface area contributed by atoms with Crippen molar-refractivity contribution in [2.45, 2.75) is 76.7 Å². The molecule has 0 bridgehead atoms. The lowest BCUT2D eigenvalue weighted by Gasteiger charge is -2.34. The molecule has 2 fully saturated rings. The maximum absolute atomic E-state index is 15.1. The van der Waals surface area contributed by atoms with Crippen molar-refractivity contribution in [2.75, 3.05) is 37.9 Å². The molecule has 1 aliphatic heterocycles. The van der Waals surface area contributed by atoms with Gasteiger partial charge in [-0.05, 0) is 51.9 Å². The van der Waals surface area contributed by atoms with Gasteiger partial charge in [0, 0.05) is 36.3 Å². The van der Waals surface area contributed by atoms with Crippen molar-refractivity contribution >= 4 is 29.3 Å². The summed E-state index contributed by atoms with van der Waals surface area (Å²) in [6.45, 7) is 5.13. The molecule has 0 unspecified atom stereocenters. The summed E-state index contributed by atoms with van der Waals surface area (Å²) in [4.78, 5) is 35.2. The van der Waals surface area contributed by atoms with Gasteiger partial charge in [-0.25, -0.2) is 9.37 Å². The number of benzene rings is 1. The number of methoxy groups -OCH3 is 1. The Morgan fingerprint density at radius 1 is 1.05 bits per heavy atom. The minimum absolute atomic E-state index is 0.0290. The number of hydrogen-bond donors (Lipinski definition) is 4. The number of nitrogens with zero attached hydrogens (tertiary/aromatic N) is 3. The summed E-state index contributed by atoms with van der Waals surface area (Å²) in [6, 6.07) is 1.30. The van der Waals surface area contributed by atoms with Crippen molar-refractivity contribution in [1.29, 1.82) is 0 Å². The zero-order valence-corrected chi connectivity index (χ0v) is 24.8. The summed E-state index contributed by atoms with van der Waals surface area (Å²) < 4.78 is 62.3. The Hall–Kier alpha value is -3.68. The average molecular weight is 610 g/mol. The van der Waals surface area contributed by atoms with Crippen LogP contribution in [0.5, 0.6) is 5.75 Å². The van der Waals surface area contributed by atoms with Gasteiger partial charge >= 0.3 is 6.18 Å². The molecule has 2 aliphatic rings. The number of piperidine rings is 1. The Bertz CT molecular complexity index is 1300. The maximum atomic E-state index is 15.1. The minimum atomic E-state index is -4.75. The van der Waals surface area contributed by atoms with E-state index in [4.69, 9.17) is 4.74 Å². The molecule has 4 rings (SSSR count). The number of nitrogens with one attached hydrogen (secondary N) is 4. The van der Waals surface area contributed by atoms with Gasteiger partial charge in [-0.2, -0.15) is 18.2 Å². The SMILES string of the molecule is COc1cc(C(=O)NC2CCN(C)CC2)c(F)cc1Nc1ncc(C(F)(F)F)c(N[C@@H]2CCCC[C@H]2NC(=O)C(C)C)n1. The van der Waals surface area contributed by atoms with Crippen LogP contribution in [0.25, 0.3) is 0 Å². The minimum Gasteiger partial charge on any atom is -0.495 e. The predicted molar refractivity (Wildman–Crippen MR) is 154 cm³/mol. The molecule has 0 spiro atoms. The molecule has 43 heavy (non-hydrogen) atoms. The van der Waals surface area contributed by atoms with Crippen LogP contribution in [-0.2, 0) is 11.0 Å². The smallest absolute Gasteiger partial charge is 0.421 e. The fourth-order valence-electron chi connectivity index (χ4n) is 5.29. The van der Waals surface area contributed by atoms with Crippen molar-refractivity contribution in [2.24, 2.45) is 5.92 Å². The molecular formula is C29H39F4N7O3. The van der Waals surface area contributed by atoms with E-state index < -0.39 is 35.3 Å². The van der Waals surface area contributed by atoms with Gasteiger partial charge in [-0.1, -0.05) is 26.7 Å². The van der Waals surface area contributed by atoms with Gasteiger partial charge in [0.2, 0.25) is 11.9 Å². The molecule has 236 valence electrons. The first-order valence-corrected chi connectivity index (χ1v) is 14.5. The lowest BCUT2D eigenvalue weighted by Crippen LogP contribution is -2.49. The Kier molecular flexibility index (Phi) is 10.3. The molecule has 1 aliphatic carbocycles. The van der Waals surface area contributed by atoms with Crippen molar-refractivity contribution < 1.29 is 31.9 Å². The van der Waals surface area contributed by atoms with Gasteiger partial charge in [0.05, 0.1) is 18.4 Å². The predicted octanol–water partition coefficient (Wildman–Crippen LogP) is 4.71. The summed E-state index contributed by atoms with van der Waals surface area (Å²) in [5.41, 5.74) is -1.26. The van der Waals surface area contributed by atoms with Gasteiger partial charge in [-0.15, -0.1) is 0 Å². The molecule has 1 aromatic carbocycles. The van der Waals surface area contributed by atoms with Crippen LogP contribution in [0.3, 0.4) is 0 Å². The first kappa shape index (κ1) is 32.2. The third-order valence-electron chi connectivity index (χ3n) is 7.87. The van der Waals surface area contributed by atoms with E-state index >= 15 is 4.39 Å². The molecule has 2 aromatic rings. The number of rotatable bonds is 9. The Morgan fingerprint density at radius 3 is 2.35 bits per heavy atom. The van der Waals surface area contributed by atoms with Crippen LogP contribution in [0.4, 0.5) is 35.0 Å². The normalized spacial score (nSPS) is 20.0.